The maximum atomic E-state index is 4.18. The molecule has 0 saturated heterocycles. The van der Waals surface area contributed by atoms with E-state index in [9.17, 15) is 0 Å². The molecule has 0 radical (unpaired) electrons. The molecule has 0 atom stereocenters. The largest absolute Gasteiger partial charge is 0.380 e. The van der Waals surface area contributed by atoms with Gasteiger partial charge in [-0.25, -0.2) is 0 Å². The van der Waals surface area contributed by atoms with Gasteiger partial charge >= 0.3 is 0 Å². The van der Waals surface area contributed by atoms with Crippen LogP contribution in [0.2, 0.25) is 0 Å². The zero-order chi connectivity index (χ0) is 11.4. The molecule has 2 nitrogen and oxygen atoms in total. The maximum absolute atomic E-state index is 4.18. The number of aryl methyl sites for hydroxylation is 2. The van der Waals surface area contributed by atoms with Crippen molar-refractivity contribution in [1.29, 1.82) is 0 Å². The zero-order valence-corrected chi connectivity index (χ0v) is 10.5. The summed E-state index contributed by atoms with van der Waals surface area (Å²) in [5.74, 6) is 0. The number of thiophene rings is 1. The molecule has 84 valence electrons. The van der Waals surface area contributed by atoms with Crippen LogP contribution >= 0.6 is 11.3 Å². The van der Waals surface area contributed by atoms with Crippen molar-refractivity contribution in [3.8, 4) is 0 Å². The van der Waals surface area contributed by atoms with Crippen LogP contribution in [0.1, 0.15) is 23.1 Å². The lowest BCUT2D eigenvalue weighted by atomic mass is 10.2. The molecule has 2 aromatic heterocycles. The summed E-state index contributed by atoms with van der Waals surface area (Å²) in [7, 11) is 0. The molecule has 0 aliphatic rings. The number of nitrogens with zero attached hydrogens (tertiary/aromatic N) is 1. The fraction of sp³-hybridized carbons (Fsp3) is 0.308. The number of rotatable bonds is 4. The highest BCUT2D eigenvalue weighted by atomic mass is 32.1. The highest BCUT2D eigenvalue weighted by Gasteiger charge is 2.01. The molecule has 2 rings (SSSR count). The smallest absolute Gasteiger partial charge is 0.0496 e. The van der Waals surface area contributed by atoms with Gasteiger partial charge in [0.2, 0.25) is 0 Å². The third-order valence-electron chi connectivity index (χ3n) is 2.57. The van der Waals surface area contributed by atoms with Gasteiger partial charge in [0.05, 0.1) is 0 Å². The Labute approximate surface area is 100 Å². The Morgan fingerprint density at radius 2 is 2.25 bits per heavy atom. The lowest BCUT2D eigenvalue weighted by Crippen LogP contribution is -2.00. The summed E-state index contributed by atoms with van der Waals surface area (Å²) < 4.78 is 0. The van der Waals surface area contributed by atoms with Gasteiger partial charge in [0.25, 0.3) is 0 Å². The van der Waals surface area contributed by atoms with E-state index in [4.69, 9.17) is 0 Å². The van der Waals surface area contributed by atoms with Crippen LogP contribution in [-0.2, 0) is 13.0 Å². The summed E-state index contributed by atoms with van der Waals surface area (Å²) in [6.07, 6.45) is 2.95. The normalized spacial score (nSPS) is 10.4. The first-order chi connectivity index (χ1) is 7.79. The van der Waals surface area contributed by atoms with Crippen molar-refractivity contribution in [1.82, 2.24) is 4.98 Å². The SMILES string of the molecule is CCc1ccsc1CNc1ccnc(C)c1. The zero-order valence-electron chi connectivity index (χ0n) is 9.66. The molecule has 0 spiro atoms. The molecule has 2 aromatic rings. The second-order valence-electron chi connectivity index (χ2n) is 3.76. The second kappa shape index (κ2) is 5.12. The molecular weight excluding hydrogens is 216 g/mol. The van der Waals surface area contributed by atoms with Crippen LogP contribution in [0.5, 0.6) is 0 Å². The van der Waals surface area contributed by atoms with Crippen molar-refractivity contribution in [3.63, 3.8) is 0 Å². The van der Waals surface area contributed by atoms with Crippen molar-refractivity contribution in [2.45, 2.75) is 26.8 Å². The minimum atomic E-state index is 0.907. The Balaban J connectivity index is 2.02. The standard InChI is InChI=1S/C13H16N2S/c1-3-11-5-7-16-13(11)9-15-12-4-6-14-10(2)8-12/h4-8H,3,9H2,1-2H3,(H,14,15). The Bertz CT molecular complexity index is 462. The summed E-state index contributed by atoms with van der Waals surface area (Å²) in [6, 6.07) is 6.28. The molecule has 0 aliphatic heterocycles. The highest BCUT2D eigenvalue weighted by molar-refractivity contribution is 7.10. The third-order valence-corrected chi connectivity index (χ3v) is 3.53. The number of aromatic nitrogens is 1. The van der Waals surface area contributed by atoms with E-state index in [2.05, 4.69) is 34.7 Å². The molecule has 0 amide bonds. The van der Waals surface area contributed by atoms with Crippen LogP contribution in [0, 0.1) is 6.92 Å². The van der Waals surface area contributed by atoms with E-state index in [0.717, 1.165) is 24.3 Å². The van der Waals surface area contributed by atoms with E-state index in [-0.39, 0.29) is 0 Å². The summed E-state index contributed by atoms with van der Waals surface area (Å²) in [5.41, 5.74) is 3.64. The number of hydrogen-bond donors (Lipinski definition) is 1. The minimum absolute atomic E-state index is 0.907. The van der Waals surface area contributed by atoms with Crippen molar-refractivity contribution in [3.05, 3.63) is 45.9 Å². The Morgan fingerprint density at radius 3 is 3.00 bits per heavy atom. The maximum Gasteiger partial charge on any atom is 0.0496 e. The van der Waals surface area contributed by atoms with Gasteiger partial charge in [0.1, 0.15) is 0 Å². The van der Waals surface area contributed by atoms with E-state index in [1.165, 1.54) is 10.4 Å². The van der Waals surface area contributed by atoms with Crippen LogP contribution in [0.4, 0.5) is 5.69 Å². The minimum Gasteiger partial charge on any atom is -0.380 e. The molecule has 0 aliphatic carbocycles. The summed E-state index contributed by atoms with van der Waals surface area (Å²) in [6.45, 7) is 5.11. The van der Waals surface area contributed by atoms with Crippen molar-refractivity contribution in [2.75, 3.05) is 5.32 Å². The van der Waals surface area contributed by atoms with Gasteiger partial charge in [0.15, 0.2) is 0 Å². The highest BCUT2D eigenvalue weighted by Crippen LogP contribution is 2.19. The molecule has 0 fully saturated rings. The van der Waals surface area contributed by atoms with E-state index in [1.807, 2.05) is 30.5 Å². The Hall–Kier alpha value is -1.35. The first-order valence-corrected chi connectivity index (χ1v) is 6.39. The van der Waals surface area contributed by atoms with Crippen molar-refractivity contribution in [2.24, 2.45) is 0 Å². The quantitative estimate of drug-likeness (QED) is 0.870. The van der Waals surface area contributed by atoms with Crippen LogP contribution in [0.3, 0.4) is 0 Å². The summed E-state index contributed by atoms with van der Waals surface area (Å²) in [4.78, 5) is 5.61. The molecule has 0 bridgehead atoms. The fourth-order valence-electron chi connectivity index (χ4n) is 1.67. The van der Waals surface area contributed by atoms with Crippen molar-refractivity contribution < 1.29 is 0 Å². The van der Waals surface area contributed by atoms with Crippen LogP contribution in [0.25, 0.3) is 0 Å². The van der Waals surface area contributed by atoms with E-state index in [1.54, 1.807) is 0 Å². The molecular formula is C13H16N2S. The average molecular weight is 232 g/mol. The molecule has 2 heterocycles. The molecule has 0 saturated carbocycles. The van der Waals surface area contributed by atoms with Gasteiger partial charge in [-0.2, -0.15) is 0 Å². The van der Waals surface area contributed by atoms with Gasteiger partial charge in [-0.3, -0.25) is 4.98 Å². The molecule has 1 N–H and O–H groups in total. The Morgan fingerprint density at radius 1 is 1.38 bits per heavy atom. The van der Waals surface area contributed by atoms with Gasteiger partial charge in [-0.1, -0.05) is 6.92 Å². The number of hydrogen-bond acceptors (Lipinski definition) is 3. The monoisotopic (exact) mass is 232 g/mol. The predicted molar refractivity (Wildman–Crippen MR) is 70.0 cm³/mol. The van der Waals surface area contributed by atoms with E-state index < -0.39 is 0 Å². The van der Waals surface area contributed by atoms with Gasteiger partial charge in [0, 0.05) is 29.0 Å². The lowest BCUT2D eigenvalue weighted by molar-refractivity contribution is 1.08. The third kappa shape index (κ3) is 2.61. The Kier molecular flexibility index (Phi) is 3.57. The molecule has 0 unspecified atom stereocenters. The predicted octanol–water partition coefficient (Wildman–Crippen LogP) is 3.63. The van der Waals surface area contributed by atoms with Gasteiger partial charge in [-0.15, -0.1) is 11.3 Å². The second-order valence-corrected chi connectivity index (χ2v) is 4.76. The van der Waals surface area contributed by atoms with Crippen LogP contribution in [0.15, 0.2) is 29.8 Å². The van der Waals surface area contributed by atoms with Gasteiger partial charge < -0.3 is 5.32 Å². The van der Waals surface area contributed by atoms with E-state index >= 15 is 0 Å². The molecule has 16 heavy (non-hydrogen) atoms. The number of nitrogens with one attached hydrogen (secondary N) is 1. The van der Waals surface area contributed by atoms with Gasteiger partial charge in [-0.05, 0) is 42.5 Å². The van der Waals surface area contributed by atoms with Crippen LogP contribution in [-0.4, -0.2) is 4.98 Å². The van der Waals surface area contributed by atoms with Crippen molar-refractivity contribution >= 4 is 17.0 Å². The topological polar surface area (TPSA) is 24.9 Å². The molecule has 3 heteroatoms. The average Bonchev–Trinajstić information content (AvgIpc) is 2.74. The summed E-state index contributed by atoms with van der Waals surface area (Å²) in [5, 5.41) is 5.59. The number of pyridine rings is 1. The molecule has 0 aromatic carbocycles. The lowest BCUT2D eigenvalue weighted by Gasteiger charge is -2.06. The van der Waals surface area contributed by atoms with Crippen LogP contribution < -0.4 is 5.32 Å². The number of anilines is 1. The van der Waals surface area contributed by atoms with E-state index in [0.29, 0.717) is 0 Å². The summed E-state index contributed by atoms with van der Waals surface area (Å²) >= 11 is 1.82. The first kappa shape index (κ1) is 11.1. The first-order valence-electron chi connectivity index (χ1n) is 5.51. The fourth-order valence-corrected chi connectivity index (χ4v) is 2.59.